The van der Waals surface area contributed by atoms with E-state index in [2.05, 4.69) is 10.6 Å². The fourth-order valence-electron chi connectivity index (χ4n) is 6.52. The molecule has 2 amide bonds. The van der Waals surface area contributed by atoms with Gasteiger partial charge >= 0.3 is 0 Å². The van der Waals surface area contributed by atoms with Gasteiger partial charge in [-0.2, -0.15) is 0 Å². The molecule has 2 N–H and O–H groups in total. The van der Waals surface area contributed by atoms with E-state index < -0.39 is 6.04 Å². The molecule has 164 valence electrons. The summed E-state index contributed by atoms with van der Waals surface area (Å²) in [5.41, 5.74) is 0.836. The fourth-order valence-corrected chi connectivity index (χ4v) is 6.52. The van der Waals surface area contributed by atoms with Gasteiger partial charge in [-0.3, -0.25) is 9.59 Å². The highest BCUT2D eigenvalue weighted by atomic mass is 16.5. The lowest BCUT2D eigenvalue weighted by atomic mass is 9.49. The molecule has 30 heavy (non-hydrogen) atoms. The van der Waals surface area contributed by atoms with Gasteiger partial charge in [0.05, 0.1) is 6.61 Å². The normalized spacial score (nSPS) is 30.2. The van der Waals surface area contributed by atoms with Crippen LogP contribution in [-0.2, 0) is 4.79 Å². The van der Waals surface area contributed by atoms with E-state index in [1.807, 2.05) is 20.8 Å². The summed E-state index contributed by atoms with van der Waals surface area (Å²) in [6.07, 6.45) is 8.01. The molecule has 0 heterocycles. The molecule has 5 heteroatoms. The lowest BCUT2D eigenvalue weighted by molar-refractivity contribution is -0.126. The molecule has 0 saturated heterocycles. The van der Waals surface area contributed by atoms with Crippen molar-refractivity contribution in [1.29, 1.82) is 0 Å². The molecule has 1 aromatic carbocycles. The second-order valence-corrected chi connectivity index (χ2v) is 10.3. The number of hydrogen-bond donors (Lipinski definition) is 2. The SMILES string of the molecule is CCOc1ccc(C(=O)N[C@H](C(=O)NCC23CC4CC(CC(C4)C2)C3)C(C)C)cc1. The monoisotopic (exact) mass is 412 g/mol. The van der Waals surface area contributed by atoms with E-state index in [1.165, 1.54) is 38.5 Å². The molecule has 1 aromatic rings. The van der Waals surface area contributed by atoms with Gasteiger partial charge in [-0.25, -0.2) is 0 Å². The summed E-state index contributed by atoms with van der Waals surface area (Å²) in [5.74, 6) is 3.09. The molecule has 0 spiro atoms. The first kappa shape index (κ1) is 21.2. The van der Waals surface area contributed by atoms with Crippen LogP contribution in [0.1, 0.15) is 69.7 Å². The van der Waals surface area contributed by atoms with E-state index in [0.717, 1.165) is 30.0 Å². The van der Waals surface area contributed by atoms with Crippen LogP contribution >= 0.6 is 0 Å². The third-order valence-corrected chi connectivity index (χ3v) is 7.47. The van der Waals surface area contributed by atoms with Crippen molar-refractivity contribution in [2.75, 3.05) is 13.2 Å². The van der Waals surface area contributed by atoms with Crippen LogP contribution in [0.4, 0.5) is 0 Å². The summed E-state index contributed by atoms with van der Waals surface area (Å²) < 4.78 is 5.43. The quantitative estimate of drug-likeness (QED) is 0.673. The van der Waals surface area contributed by atoms with Crippen LogP contribution in [-0.4, -0.2) is 31.0 Å². The van der Waals surface area contributed by atoms with Gasteiger partial charge in [-0.05, 0) is 98.8 Å². The number of ether oxygens (including phenoxy) is 1. The van der Waals surface area contributed by atoms with Crippen molar-refractivity contribution in [3.05, 3.63) is 29.8 Å². The number of carbonyl (C=O) groups excluding carboxylic acids is 2. The summed E-state index contributed by atoms with van der Waals surface area (Å²) in [7, 11) is 0. The Morgan fingerprint density at radius 3 is 2.10 bits per heavy atom. The second-order valence-electron chi connectivity index (χ2n) is 10.3. The van der Waals surface area contributed by atoms with Gasteiger partial charge in [0.1, 0.15) is 11.8 Å². The van der Waals surface area contributed by atoms with Crippen LogP contribution in [0.3, 0.4) is 0 Å². The molecular formula is C25H36N2O3. The molecule has 0 radical (unpaired) electrons. The Morgan fingerprint density at radius 1 is 1.03 bits per heavy atom. The highest BCUT2D eigenvalue weighted by Crippen LogP contribution is 2.59. The van der Waals surface area contributed by atoms with Gasteiger partial charge in [-0.15, -0.1) is 0 Å². The van der Waals surface area contributed by atoms with Gasteiger partial charge in [0, 0.05) is 12.1 Å². The molecule has 5 rings (SSSR count). The van der Waals surface area contributed by atoms with E-state index in [0.29, 0.717) is 17.6 Å². The maximum Gasteiger partial charge on any atom is 0.251 e. The molecule has 0 aromatic heterocycles. The van der Waals surface area contributed by atoms with Crippen LogP contribution in [0.25, 0.3) is 0 Å². The lowest BCUT2D eigenvalue weighted by Gasteiger charge is -2.57. The van der Waals surface area contributed by atoms with E-state index in [-0.39, 0.29) is 17.7 Å². The van der Waals surface area contributed by atoms with Crippen molar-refractivity contribution in [3.63, 3.8) is 0 Å². The van der Waals surface area contributed by atoms with E-state index in [4.69, 9.17) is 4.74 Å². The first-order valence-corrected chi connectivity index (χ1v) is 11.7. The standard InChI is InChI=1S/C25H36N2O3/c1-4-30-21-7-5-20(6-8-21)23(28)27-22(16(2)3)24(29)26-15-25-12-17-9-18(13-25)11-19(10-17)14-25/h5-8,16-19,22H,4,9-15H2,1-3H3,(H,26,29)(H,27,28)/t17?,18?,19?,22-,25?/m0/s1. The zero-order chi connectivity index (χ0) is 21.3. The molecule has 0 aliphatic heterocycles. The predicted molar refractivity (Wildman–Crippen MR) is 117 cm³/mol. The topological polar surface area (TPSA) is 67.4 Å². The molecule has 5 nitrogen and oxygen atoms in total. The zero-order valence-corrected chi connectivity index (χ0v) is 18.6. The highest BCUT2D eigenvalue weighted by molar-refractivity contribution is 5.97. The van der Waals surface area contributed by atoms with Crippen LogP contribution in [0, 0.1) is 29.1 Å². The largest absolute Gasteiger partial charge is 0.494 e. The van der Waals surface area contributed by atoms with Crippen LogP contribution < -0.4 is 15.4 Å². The predicted octanol–water partition coefficient (Wildman–Crippen LogP) is 4.17. The van der Waals surface area contributed by atoms with Gasteiger partial charge < -0.3 is 15.4 Å². The van der Waals surface area contributed by atoms with Crippen LogP contribution in [0.5, 0.6) is 5.75 Å². The number of carbonyl (C=O) groups is 2. The minimum atomic E-state index is -0.530. The third kappa shape index (κ3) is 4.50. The Bertz CT molecular complexity index is 736. The molecular weight excluding hydrogens is 376 g/mol. The number of benzene rings is 1. The van der Waals surface area contributed by atoms with Crippen molar-refractivity contribution < 1.29 is 14.3 Å². The fraction of sp³-hybridized carbons (Fsp3) is 0.680. The average molecular weight is 413 g/mol. The van der Waals surface area contributed by atoms with Crippen molar-refractivity contribution in [2.24, 2.45) is 29.1 Å². The first-order chi connectivity index (χ1) is 14.4. The Hall–Kier alpha value is -2.04. The van der Waals surface area contributed by atoms with Crippen molar-refractivity contribution in [2.45, 2.75) is 65.3 Å². The van der Waals surface area contributed by atoms with Gasteiger partial charge in [-0.1, -0.05) is 13.8 Å². The highest BCUT2D eigenvalue weighted by Gasteiger charge is 2.50. The Balaban J connectivity index is 1.35. The van der Waals surface area contributed by atoms with Crippen LogP contribution in [0.2, 0.25) is 0 Å². The van der Waals surface area contributed by atoms with Crippen molar-refractivity contribution >= 4 is 11.8 Å². The number of hydrogen-bond acceptors (Lipinski definition) is 3. The molecule has 0 unspecified atom stereocenters. The van der Waals surface area contributed by atoms with Crippen LogP contribution in [0.15, 0.2) is 24.3 Å². The smallest absolute Gasteiger partial charge is 0.251 e. The third-order valence-electron chi connectivity index (χ3n) is 7.47. The van der Waals surface area contributed by atoms with Gasteiger partial charge in [0.25, 0.3) is 5.91 Å². The summed E-state index contributed by atoms with van der Waals surface area (Å²) in [6.45, 7) is 7.24. The first-order valence-electron chi connectivity index (χ1n) is 11.7. The number of rotatable bonds is 8. The summed E-state index contributed by atoms with van der Waals surface area (Å²) in [6, 6.07) is 6.53. The minimum Gasteiger partial charge on any atom is -0.494 e. The molecule has 1 atom stereocenters. The number of amides is 2. The summed E-state index contributed by atoms with van der Waals surface area (Å²) in [4.78, 5) is 25.8. The maximum absolute atomic E-state index is 13.0. The minimum absolute atomic E-state index is 0.0213. The summed E-state index contributed by atoms with van der Waals surface area (Å²) >= 11 is 0. The molecule has 4 fully saturated rings. The van der Waals surface area contributed by atoms with E-state index in [9.17, 15) is 9.59 Å². The van der Waals surface area contributed by atoms with Gasteiger partial charge in [0.15, 0.2) is 0 Å². The molecule has 4 bridgehead atoms. The molecule has 4 aliphatic rings. The van der Waals surface area contributed by atoms with E-state index in [1.54, 1.807) is 24.3 Å². The van der Waals surface area contributed by atoms with Crippen molar-refractivity contribution in [3.8, 4) is 5.75 Å². The average Bonchev–Trinajstić information content (AvgIpc) is 2.70. The lowest BCUT2D eigenvalue weighted by Crippen LogP contribution is -2.55. The van der Waals surface area contributed by atoms with Crippen molar-refractivity contribution in [1.82, 2.24) is 10.6 Å². The number of nitrogens with one attached hydrogen (secondary N) is 2. The Kier molecular flexibility index (Phi) is 6.08. The second kappa shape index (κ2) is 8.60. The summed E-state index contributed by atoms with van der Waals surface area (Å²) in [5, 5.41) is 6.18. The Labute approximate surface area is 180 Å². The molecule has 4 aliphatic carbocycles. The Morgan fingerprint density at radius 2 is 1.60 bits per heavy atom. The molecule has 4 saturated carbocycles. The van der Waals surface area contributed by atoms with Gasteiger partial charge in [0.2, 0.25) is 5.91 Å². The maximum atomic E-state index is 13.0. The van der Waals surface area contributed by atoms with E-state index >= 15 is 0 Å². The zero-order valence-electron chi connectivity index (χ0n) is 18.6.